The average molecular weight is 478 g/mol. The topological polar surface area (TPSA) is 91.0 Å². The lowest BCUT2D eigenvalue weighted by atomic mass is 10.0. The molecular weight excluding hydrogens is 453 g/mol. The van der Waals surface area contributed by atoms with E-state index in [9.17, 15) is 14.0 Å². The van der Waals surface area contributed by atoms with E-state index in [0.717, 1.165) is 11.0 Å². The van der Waals surface area contributed by atoms with Gasteiger partial charge in [-0.05, 0) is 36.3 Å². The van der Waals surface area contributed by atoms with Gasteiger partial charge < -0.3 is 10.3 Å². The third-order valence-corrected chi connectivity index (χ3v) is 6.03. The van der Waals surface area contributed by atoms with Crippen molar-refractivity contribution >= 4 is 51.1 Å². The van der Waals surface area contributed by atoms with Gasteiger partial charge in [-0.15, -0.1) is 11.3 Å². The largest absolute Gasteiger partial charge is 0.342 e. The van der Waals surface area contributed by atoms with E-state index in [0.29, 0.717) is 16.6 Å². The number of hydrogen-bond donors (Lipinski definition) is 2. The van der Waals surface area contributed by atoms with Gasteiger partial charge in [-0.25, -0.2) is 14.4 Å². The fourth-order valence-corrected chi connectivity index (χ4v) is 4.38. The fraction of sp³-hybridized carbons (Fsp3) is 0.200. The first-order chi connectivity index (χ1) is 16.3. The van der Waals surface area contributed by atoms with E-state index in [1.165, 1.54) is 41.4 Å². The lowest BCUT2D eigenvalue weighted by Crippen LogP contribution is -2.31. The first-order valence-electron chi connectivity index (χ1n) is 10.8. The summed E-state index contributed by atoms with van der Waals surface area (Å²) in [5, 5.41) is 5.01. The van der Waals surface area contributed by atoms with E-state index >= 15 is 0 Å². The summed E-state index contributed by atoms with van der Waals surface area (Å²) in [7, 11) is 0. The summed E-state index contributed by atoms with van der Waals surface area (Å²) >= 11 is 1.19. The summed E-state index contributed by atoms with van der Waals surface area (Å²) in [6, 6.07) is 13.4. The Labute approximate surface area is 200 Å². The second-order valence-corrected chi connectivity index (χ2v) is 8.90. The molecule has 4 aromatic rings. The number of fused-ring (bicyclic) bond motifs is 1. The molecule has 0 aliphatic heterocycles. The highest BCUT2D eigenvalue weighted by atomic mass is 32.1. The number of carbonyl (C=O) groups excluding carboxylic acids is 2. The molecule has 7 nitrogen and oxygen atoms in total. The molecule has 4 rings (SSSR count). The van der Waals surface area contributed by atoms with Gasteiger partial charge in [-0.2, -0.15) is 0 Å². The van der Waals surface area contributed by atoms with Crippen LogP contribution in [-0.4, -0.2) is 26.8 Å². The van der Waals surface area contributed by atoms with Gasteiger partial charge >= 0.3 is 0 Å². The average Bonchev–Trinajstić information content (AvgIpc) is 3.44. The number of anilines is 2. The number of nitrogens with zero attached hydrogens (tertiary/aromatic N) is 3. The van der Waals surface area contributed by atoms with Crippen LogP contribution in [0.25, 0.3) is 17.1 Å². The summed E-state index contributed by atoms with van der Waals surface area (Å²) < 4.78 is 14.2. The number of thiazole rings is 1. The van der Waals surface area contributed by atoms with Crippen molar-refractivity contribution in [1.82, 2.24) is 20.3 Å². The van der Waals surface area contributed by atoms with Crippen molar-refractivity contribution in [3.8, 4) is 0 Å². The summed E-state index contributed by atoms with van der Waals surface area (Å²) in [4.78, 5) is 38.3. The summed E-state index contributed by atoms with van der Waals surface area (Å²) in [5.74, 6) is -0.385. The van der Waals surface area contributed by atoms with Crippen molar-refractivity contribution in [3.63, 3.8) is 0 Å². The molecule has 0 spiro atoms. The van der Waals surface area contributed by atoms with Crippen LogP contribution in [0.3, 0.4) is 0 Å². The molecule has 0 aliphatic carbocycles. The van der Waals surface area contributed by atoms with E-state index in [1.807, 2.05) is 38.1 Å². The smallest absolute Gasteiger partial charge is 0.244 e. The predicted molar refractivity (Wildman–Crippen MR) is 132 cm³/mol. The third-order valence-electron chi connectivity index (χ3n) is 5.18. The number of aromatic amines is 1. The van der Waals surface area contributed by atoms with Crippen molar-refractivity contribution in [2.45, 2.75) is 26.8 Å². The quantitative estimate of drug-likeness (QED) is 0.350. The van der Waals surface area contributed by atoms with Crippen LogP contribution in [-0.2, 0) is 9.59 Å². The second kappa shape index (κ2) is 9.96. The molecule has 2 aromatic heterocycles. The standard InChI is InChI=1S/C25H24FN5O2S/c1-15(2)23(24-28-19-9-5-6-10-20(19)29-24)30-22(33)13-12-17-14-34-25(27-17)31(16(3)32)21-11-7-4-8-18(21)26/h4-15,23H,1-3H3,(H,28,29)(H,30,33)/b13-12+/t23-/m0/s1. The van der Waals surface area contributed by atoms with Crippen LogP contribution >= 0.6 is 11.3 Å². The molecule has 0 unspecified atom stereocenters. The number of benzene rings is 2. The summed E-state index contributed by atoms with van der Waals surface area (Å²) in [6.45, 7) is 5.36. The maximum absolute atomic E-state index is 14.2. The minimum Gasteiger partial charge on any atom is -0.342 e. The highest BCUT2D eigenvalue weighted by Crippen LogP contribution is 2.31. The number of aromatic nitrogens is 3. The summed E-state index contributed by atoms with van der Waals surface area (Å²) in [6.07, 6.45) is 2.95. The lowest BCUT2D eigenvalue weighted by Gasteiger charge is -2.19. The molecule has 0 bridgehead atoms. The van der Waals surface area contributed by atoms with Crippen molar-refractivity contribution in [2.24, 2.45) is 5.92 Å². The molecule has 0 saturated heterocycles. The Hall–Kier alpha value is -3.85. The number of imidazole rings is 1. The highest BCUT2D eigenvalue weighted by Gasteiger charge is 2.22. The highest BCUT2D eigenvalue weighted by molar-refractivity contribution is 7.14. The van der Waals surface area contributed by atoms with Crippen molar-refractivity contribution in [3.05, 3.63) is 77.3 Å². The van der Waals surface area contributed by atoms with Gasteiger partial charge in [0.25, 0.3) is 0 Å². The van der Waals surface area contributed by atoms with Crippen LogP contribution in [0, 0.1) is 11.7 Å². The van der Waals surface area contributed by atoms with E-state index in [4.69, 9.17) is 0 Å². The minimum absolute atomic E-state index is 0.105. The molecule has 2 aromatic carbocycles. The van der Waals surface area contributed by atoms with E-state index < -0.39 is 5.82 Å². The molecule has 9 heteroatoms. The SMILES string of the molecule is CC(=O)N(c1nc(/C=C/C(=O)N[C@H](c2nc3ccccc3[nH]2)C(C)C)cs1)c1ccccc1F. The third kappa shape index (κ3) is 5.04. The van der Waals surface area contributed by atoms with E-state index in [-0.39, 0.29) is 29.5 Å². The van der Waals surface area contributed by atoms with Gasteiger partial charge in [0.15, 0.2) is 5.13 Å². The number of halogens is 1. The Morgan fingerprint density at radius 1 is 1.12 bits per heavy atom. The van der Waals surface area contributed by atoms with Crippen molar-refractivity contribution in [2.75, 3.05) is 4.90 Å². The Balaban J connectivity index is 1.49. The Morgan fingerprint density at radius 3 is 2.56 bits per heavy atom. The molecule has 1 atom stereocenters. The number of hydrogen-bond acceptors (Lipinski definition) is 5. The molecule has 0 radical (unpaired) electrons. The zero-order valence-corrected chi connectivity index (χ0v) is 19.8. The molecule has 2 amide bonds. The fourth-order valence-electron chi connectivity index (χ4n) is 3.53. The van der Waals surface area contributed by atoms with Gasteiger partial charge in [0.1, 0.15) is 11.6 Å². The number of nitrogens with one attached hydrogen (secondary N) is 2. The van der Waals surface area contributed by atoms with Gasteiger partial charge in [0.2, 0.25) is 11.8 Å². The van der Waals surface area contributed by atoms with Gasteiger partial charge in [0.05, 0.1) is 28.5 Å². The summed E-state index contributed by atoms with van der Waals surface area (Å²) in [5.41, 5.74) is 2.37. The maximum atomic E-state index is 14.2. The molecule has 0 saturated carbocycles. The maximum Gasteiger partial charge on any atom is 0.244 e. The normalized spacial score (nSPS) is 12.4. The van der Waals surface area contributed by atoms with Crippen LogP contribution in [0.2, 0.25) is 0 Å². The molecular formula is C25H24FN5O2S. The number of amides is 2. The molecule has 34 heavy (non-hydrogen) atoms. The zero-order valence-electron chi connectivity index (χ0n) is 18.9. The first-order valence-corrected chi connectivity index (χ1v) is 11.7. The first kappa shape index (κ1) is 23.3. The molecule has 0 aliphatic rings. The lowest BCUT2D eigenvalue weighted by molar-refractivity contribution is -0.117. The molecule has 2 N–H and O–H groups in total. The van der Waals surface area contributed by atoms with Crippen LogP contribution in [0.1, 0.15) is 38.3 Å². The van der Waals surface area contributed by atoms with Gasteiger partial charge in [0, 0.05) is 18.4 Å². The number of H-pyrrole nitrogens is 1. The van der Waals surface area contributed by atoms with E-state index in [2.05, 4.69) is 20.3 Å². The van der Waals surface area contributed by atoms with Crippen LogP contribution in [0.5, 0.6) is 0 Å². The monoisotopic (exact) mass is 477 g/mol. The Bertz CT molecular complexity index is 1330. The predicted octanol–water partition coefficient (Wildman–Crippen LogP) is 5.37. The van der Waals surface area contributed by atoms with Crippen LogP contribution < -0.4 is 10.2 Å². The Kier molecular flexibility index (Phi) is 6.83. The molecule has 0 fully saturated rings. The number of para-hydroxylation sites is 3. The van der Waals surface area contributed by atoms with Crippen molar-refractivity contribution < 1.29 is 14.0 Å². The molecule has 2 heterocycles. The van der Waals surface area contributed by atoms with Crippen LogP contribution in [0.15, 0.2) is 60.0 Å². The van der Waals surface area contributed by atoms with Gasteiger partial charge in [-0.1, -0.05) is 38.1 Å². The zero-order chi connectivity index (χ0) is 24.2. The second-order valence-electron chi connectivity index (χ2n) is 8.06. The van der Waals surface area contributed by atoms with Crippen molar-refractivity contribution in [1.29, 1.82) is 0 Å². The van der Waals surface area contributed by atoms with Gasteiger partial charge in [-0.3, -0.25) is 14.5 Å². The Morgan fingerprint density at radius 2 is 1.85 bits per heavy atom. The van der Waals surface area contributed by atoms with Crippen LogP contribution in [0.4, 0.5) is 15.2 Å². The van der Waals surface area contributed by atoms with E-state index in [1.54, 1.807) is 23.6 Å². The minimum atomic E-state index is -0.519. The molecule has 174 valence electrons. The number of rotatable bonds is 7. The number of carbonyl (C=O) groups is 2.